The van der Waals surface area contributed by atoms with E-state index in [0.717, 1.165) is 61.8 Å². The third-order valence-corrected chi connectivity index (χ3v) is 6.37. The monoisotopic (exact) mass is 412 g/mol. The number of carbonyl (C=O) groups excluding carboxylic acids is 1. The van der Waals surface area contributed by atoms with Gasteiger partial charge in [0.1, 0.15) is 17.0 Å². The van der Waals surface area contributed by atoms with Crippen molar-refractivity contribution in [2.24, 2.45) is 0 Å². The average Bonchev–Trinajstić information content (AvgIpc) is 2.78. The van der Waals surface area contributed by atoms with Crippen molar-refractivity contribution in [1.29, 1.82) is 0 Å². The van der Waals surface area contributed by atoms with Crippen LogP contribution >= 0.6 is 0 Å². The molecule has 30 heavy (non-hydrogen) atoms. The lowest BCUT2D eigenvalue weighted by molar-refractivity contribution is -0.120. The number of benzene rings is 1. The van der Waals surface area contributed by atoms with Gasteiger partial charge in [0, 0.05) is 18.0 Å². The van der Waals surface area contributed by atoms with E-state index in [0.29, 0.717) is 37.0 Å². The molecule has 1 amide bonds. The molecule has 0 spiro atoms. The lowest BCUT2D eigenvalue weighted by Gasteiger charge is -2.37. The fraction of sp³-hybridized carbons (Fsp3) is 0.583. The Morgan fingerprint density at radius 3 is 2.87 bits per heavy atom. The van der Waals surface area contributed by atoms with E-state index in [-0.39, 0.29) is 5.91 Å². The highest BCUT2D eigenvalue weighted by atomic mass is 16.5. The first-order valence-electron chi connectivity index (χ1n) is 11.4. The van der Waals surface area contributed by atoms with Gasteiger partial charge in [-0.3, -0.25) is 9.69 Å². The quantitative estimate of drug-likeness (QED) is 0.668. The van der Waals surface area contributed by atoms with Gasteiger partial charge in [-0.1, -0.05) is 20.3 Å². The Labute approximate surface area is 177 Å². The highest BCUT2D eigenvalue weighted by molar-refractivity contribution is 5.98. The molecule has 6 nitrogen and oxygen atoms in total. The number of anilines is 1. The van der Waals surface area contributed by atoms with Gasteiger partial charge < -0.3 is 14.1 Å². The maximum atomic E-state index is 13.3. The molecule has 2 aliphatic heterocycles. The van der Waals surface area contributed by atoms with E-state index in [2.05, 4.69) is 18.7 Å². The lowest BCUT2D eigenvalue weighted by Crippen LogP contribution is -2.48. The minimum Gasteiger partial charge on any atom is -0.494 e. The first-order valence-corrected chi connectivity index (χ1v) is 11.4. The molecule has 0 aliphatic carbocycles. The number of carbonyl (C=O) groups is 1. The zero-order valence-electron chi connectivity index (χ0n) is 18.1. The molecule has 6 heteroatoms. The van der Waals surface area contributed by atoms with E-state index in [1.165, 1.54) is 6.42 Å². The molecule has 1 atom stereocenters. The third-order valence-electron chi connectivity index (χ3n) is 6.37. The van der Waals surface area contributed by atoms with Crippen LogP contribution in [0.4, 0.5) is 5.69 Å². The van der Waals surface area contributed by atoms with Crippen LogP contribution in [0, 0.1) is 0 Å². The van der Waals surface area contributed by atoms with Gasteiger partial charge in [-0.15, -0.1) is 0 Å². The van der Waals surface area contributed by atoms with Crippen molar-refractivity contribution < 1.29 is 13.9 Å². The molecule has 0 N–H and O–H groups in total. The molecule has 0 unspecified atom stereocenters. The Morgan fingerprint density at radius 1 is 1.20 bits per heavy atom. The number of amides is 1. The summed E-state index contributed by atoms with van der Waals surface area (Å²) in [5.41, 5.74) is 1.47. The Balaban J connectivity index is 1.66. The van der Waals surface area contributed by atoms with Gasteiger partial charge in [0.15, 0.2) is 0 Å². The van der Waals surface area contributed by atoms with Crippen LogP contribution in [-0.2, 0) is 11.2 Å². The second-order valence-corrected chi connectivity index (χ2v) is 8.40. The second kappa shape index (κ2) is 9.21. The summed E-state index contributed by atoms with van der Waals surface area (Å²) in [6, 6.07) is 6.03. The molecular formula is C24H32N2O4. The number of likely N-dealkylation sites (tertiary alicyclic amines) is 1. The minimum absolute atomic E-state index is 0.00124. The van der Waals surface area contributed by atoms with Crippen molar-refractivity contribution in [3.05, 3.63) is 34.2 Å². The topological polar surface area (TPSA) is 63.0 Å². The second-order valence-electron chi connectivity index (χ2n) is 8.40. The number of hydrogen-bond donors (Lipinski definition) is 0. The predicted octanol–water partition coefficient (Wildman–Crippen LogP) is 4.13. The van der Waals surface area contributed by atoms with E-state index in [4.69, 9.17) is 9.15 Å². The van der Waals surface area contributed by atoms with Gasteiger partial charge in [-0.25, -0.2) is 4.79 Å². The largest absolute Gasteiger partial charge is 0.494 e. The summed E-state index contributed by atoms with van der Waals surface area (Å²) in [7, 11) is 0. The van der Waals surface area contributed by atoms with Gasteiger partial charge in [0.05, 0.1) is 13.2 Å². The van der Waals surface area contributed by atoms with E-state index in [1.54, 1.807) is 11.0 Å². The molecule has 3 heterocycles. The van der Waals surface area contributed by atoms with Gasteiger partial charge in [0.25, 0.3) is 0 Å². The standard InChI is InChI=1S/C24H32N2O4/c1-3-14-29-18-10-11-21-20(15-18)19-9-7-13-26(23(19)24(28)30-21)22(27)16-25-12-6-5-8-17(25)4-2/h10-11,15,17H,3-9,12-14,16H2,1-2H3/t17-/m0/s1. The molecule has 0 bridgehead atoms. The van der Waals surface area contributed by atoms with Crippen molar-refractivity contribution in [2.45, 2.75) is 64.8 Å². The summed E-state index contributed by atoms with van der Waals surface area (Å²) in [6.07, 6.45) is 7.10. The van der Waals surface area contributed by atoms with Crippen LogP contribution in [-0.4, -0.2) is 43.1 Å². The van der Waals surface area contributed by atoms with Crippen molar-refractivity contribution in [2.75, 3.05) is 31.1 Å². The lowest BCUT2D eigenvalue weighted by atomic mass is 9.98. The van der Waals surface area contributed by atoms with Crippen LogP contribution in [0.3, 0.4) is 0 Å². The molecule has 2 aromatic rings. The Hall–Kier alpha value is -2.34. The van der Waals surface area contributed by atoms with E-state index >= 15 is 0 Å². The molecule has 4 rings (SSSR count). The Morgan fingerprint density at radius 2 is 2.07 bits per heavy atom. The summed E-state index contributed by atoms with van der Waals surface area (Å²) >= 11 is 0. The molecule has 0 saturated carbocycles. The molecular weight excluding hydrogens is 380 g/mol. The first-order chi connectivity index (χ1) is 14.6. The zero-order chi connectivity index (χ0) is 21.1. The Bertz CT molecular complexity index is 968. The summed E-state index contributed by atoms with van der Waals surface area (Å²) in [6.45, 7) is 6.78. The van der Waals surface area contributed by atoms with E-state index in [9.17, 15) is 9.59 Å². The van der Waals surface area contributed by atoms with Crippen LogP contribution in [0.25, 0.3) is 11.0 Å². The molecule has 1 aromatic heterocycles. The molecule has 162 valence electrons. The fourth-order valence-electron chi connectivity index (χ4n) is 4.83. The van der Waals surface area contributed by atoms with Crippen LogP contribution < -0.4 is 15.3 Å². The molecule has 1 fully saturated rings. The normalized spacial score (nSPS) is 19.7. The summed E-state index contributed by atoms with van der Waals surface area (Å²) < 4.78 is 11.4. The molecule has 2 aliphatic rings. The van der Waals surface area contributed by atoms with E-state index < -0.39 is 5.63 Å². The van der Waals surface area contributed by atoms with Crippen molar-refractivity contribution in [3.63, 3.8) is 0 Å². The summed E-state index contributed by atoms with van der Waals surface area (Å²) in [4.78, 5) is 30.1. The first kappa shape index (κ1) is 20.9. The highest BCUT2D eigenvalue weighted by Gasteiger charge is 2.31. The van der Waals surface area contributed by atoms with Gasteiger partial charge in [-0.05, 0) is 68.8 Å². The molecule has 0 radical (unpaired) electrons. The van der Waals surface area contributed by atoms with Crippen molar-refractivity contribution >= 4 is 22.6 Å². The molecule has 1 aromatic carbocycles. The highest BCUT2D eigenvalue weighted by Crippen LogP contribution is 2.33. The number of hydrogen-bond acceptors (Lipinski definition) is 5. The number of aryl methyl sites for hydroxylation is 1. The number of rotatable bonds is 6. The van der Waals surface area contributed by atoms with Crippen molar-refractivity contribution in [3.8, 4) is 5.75 Å². The van der Waals surface area contributed by atoms with Crippen LogP contribution in [0.15, 0.2) is 27.4 Å². The zero-order valence-corrected chi connectivity index (χ0v) is 18.1. The number of nitrogens with zero attached hydrogens (tertiary/aromatic N) is 2. The molecule has 1 saturated heterocycles. The van der Waals surface area contributed by atoms with E-state index in [1.807, 2.05) is 12.1 Å². The van der Waals surface area contributed by atoms with Crippen LogP contribution in [0.2, 0.25) is 0 Å². The summed E-state index contributed by atoms with van der Waals surface area (Å²) in [5, 5.41) is 0.875. The fourth-order valence-corrected chi connectivity index (χ4v) is 4.83. The number of piperidine rings is 1. The van der Waals surface area contributed by atoms with Crippen molar-refractivity contribution in [1.82, 2.24) is 4.90 Å². The average molecular weight is 413 g/mol. The van der Waals surface area contributed by atoms with Gasteiger partial charge in [0.2, 0.25) is 5.91 Å². The van der Waals surface area contributed by atoms with Gasteiger partial charge in [-0.2, -0.15) is 0 Å². The SMILES string of the molecule is CCCOc1ccc2oc(=O)c3c(c2c1)CCCN3C(=O)CN1CCCC[C@@H]1CC. The predicted molar refractivity (Wildman–Crippen MR) is 118 cm³/mol. The Kier molecular flexibility index (Phi) is 6.42. The van der Waals surface area contributed by atoms with Gasteiger partial charge >= 0.3 is 5.63 Å². The number of ether oxygens (including phenoxy) is 1. The van der Waals surface area contributed by atoms with Crippen LogP contribution in [0.5, 0.6) is 5.75 Å². The minimum atomic E-state index is -0.418. The summed E-state index contributed by atoms with van der Waals surface area (Å²) in [5.74, 6) is 0.768. The number of fused-ring (bicyclic) bond motifs is 3. The third kappa shape index (κ3) is 4.10. The maximum Gasteiger partial charge on any atom is 0.360 e. The maximum absolute atomic E-state index is 13.3. The van der Waals surface area contributed by atoms with Crippen LogP contribution in [0.1, 0.15) is 57.9 Å². The smallest absolute Gasteiger partial charge is 0.360 e.